The second-order valence-corrected chi connectivity index (χ2v) is 6.16. The van der Waals surface area contributed by atoms with Crippen molar-refractivity contribution in [2.45, 2.75) is 25.8 Å². The largest absolute Gasteiger partial charge is 0.378 e. The number of hydrogen-bond donors (Lipinski definition) is 1. The quantitative estimate of drug-likeness (QED) is 0.923. The van der Waals surface area contributed by atoms with Crippen LogP contribution in [0.3, 0.4) is 0 Å². The molecule has 1 aromatic rings. The number of nitrogens with one attached hydrogen (secondary N) is 1. The summed E-state index contributed by atoms with van der Waals surface area (Å²) in [6.45, 7) is 7.14. The Balaban J connectivity index is 1.53. The number of carbonyl (C=O) groups excluding carboxylic acids is 1. The third-order valence-corrected chi connectivity index (χ3v) is 4.56. The third kappa shape index (κ3) is 3.78. The van der Waals surface area contributed by atoms with Crippen LogP contribution >= 0.6 is 0 Å². The maximum absolute atomic E-state index is 12.1. The number of ether oxygens (including phenoxy) is 1. The number of rotatable bonds is 4. The van der Waals surface area contributed by atoms with Crippen LogP contribution in [-0.2, 0) is 9.53 Å². The van der Waals surface area contributed by atoms with Gasteiger partial charge in [0.25, 0.3) is 0 Å². The average Bonchev–Trinajstić information content (AvgIpc) is 2.94. The molecule has 0 bridgehead atoms. The predicted octanol–water partition coefficient (Wildman–Crippen LogP) is 1.95. The van der Waals surface area contributed by atoms with E-state index in [1.54, 1.807) is 0 Å². The summed E-state index contributed by atoms with van der Waals surface area (Å²) in [5, 5.41) is 3.00. The lowest BCUT2D eigenvalue weighted by Crippen LogP contribution is -2.36. The van der Waals surface area contributed by atoms with Gasteiger partial charge in [-0.25, -0.2) is 0 Å². The highest BCUT2D eigenvalue weighted by molar-refractivity contribution is 5.92. The van der Waals surface area contributed by atoms with E-state index in [2.05, 4.69) is 34.2 Å². The predicted molar refractivity (Wildman–Crippen MR) is 88.4 cm³/mol. The van der Waals surface area contributed by atoms with Gasteiger partial charge < -0.3 is 15.0 Å². The van der Waals surface area contributed by atoms with Gasteiger partial charge in [0.15, 0.2) is 0 Å². The Morgan fingerprint density at radius 1 is 1.23 bits per heavy atom. The molecule has 2 heterocycles. The zero-order valence-electron chi connectivity index (χ0n) is 13.3. The van der Waals surface area contributed by atoms with Gasteiger partial charge in [0.1, 0.15) is 0 Å². The Morgan fingerprint density at radius 2 is 1.95 bits per heavy atom. The van der Waals surface area contributed by atoms with Crippen LogP contribution in [0.4, 0.5) is 11.4 Å². The zero-order chi connectivity index (χ0) is 15.4. The molecule has 1 amide bonds. The Labute approximate surface area is 132 Å². The van der Waals surface area contributed by atoms with Gasteiger partial charge in [-0.15, -0.1) is 0 Å². The van der Waals surface area contributed by atoms with Crippen molar-refractivity contribution in [1.82, 2.24) is 4.90 Å². The van der Waals surface area contributed by atoms with E-state index >= 15 is 0 Å². The second kappa shape index (κ2) is 7.11. The minimum absolute atomic E-state index is 0.0767. The number of benzene rings is 1. The Hall–Kier alpha value is -1.59. The third-order valence-electron chi connectivity index (χ3n) is 4.56. The minimum atomic E-state index is 0.0767. The number of likely N-dealkylation sites (tertiary alicyclic amines) is 1. The van der Waals surface area contributed by atoms with Gasteiger partial charge in [-0.3, -0.25) is 9.69 Å². The lowest BCUT2D eigenvalue weighted by Gasteiger charge is -2.29. The van der Waals surface area contributed by atoms with E-state index in [-0.39, 0.29) is 5.91 Å². The van der Waals surface area contributed by atoms with Crippen LogP contribution in [0.1, 0.15) is 19.8 Å². The molecule has 0 spiro atoms. The van der Waals surface area contributed by atoms with Gasteiger partial charge in [-0.05, 0) is 50.6 Å². The van der Waals surface area contributed by atoms with Crippen molar-refractivity contribution in [1.29, 1.82) is 0 Å². The first-order valence-electron chi connectivity index (χ1n) is 8.19. The molecule has 5 nitrogen and oxygen atoms in total. The molecule has 0 aromatic heterocycles. The second-order valence-electron chi connectivity index (χ2n) is 6.16. The van der Waals surface area contributed by atoms with Gasteiger partial charge in [0.2, 0.25) is 5.91 Å². The van der Waals surface area contributed by atoms with Crippen LogP contribution in [0.5, 0.6) is 0 Å². The molecule has 2 aliphatic heterocycles. The van der Waals surface area contributed by atoms with E-state index in [1.165, 1.54) is 18.5 Å². The molecule has 22 heavy (non-hydrogen) atoms. The maximum atomic E-state index is 12.1. The lowest BCUT2D eigenvalue weighted by molar-refractivity contribution is -0.117. The first kappa shape index (κ1) is 15.3. The summed E-state index contributed by atoms with van der Waals surface area (Å²) in [5.41, 5.74) is 2.06. The fourth-order valence-electron chi connectivity index (χ4n) is 3.19. The Kier molecular flexibility index (Phi) is 4.95. The summed E-state index contributed by atoms with van der Waals surface area (Å²) in [7, 11) is 0. The standard InChI is InChI=1S/C17H25N3O2/c1-14-3-2-8-20(14)13-17(21)18-15-4-6-16(7-5-15)19-9-11-22-12-10-19/h4-7,14H,2-3,8-13H2,1H3,(H,18,21)/t14-/m1/s1. The highest BCUT2D eigenvalue weighted by Crippen LogP contribution is 2.20. The van der Waals surface area contributed by atoms with Crippen LogP contribution in [0.15, 0.2) is 24.3 Å². The lowest BCUT2D eigenvalue weighted by atomic mass is 10.2. The van der Waals surface area contributed by atoms with E-state index in [0.29, 0.717) is 12.6 Å². The SMILES string of the molecule is C[C@@H]1CCCN1CC(=O)Nc1ccc(N2CCOCC2)cc1. The van der Waals surface area contributed by atoms with Gasteiger partial charge in [0, 0.05) is 30.5 Å². The van der Waals surface area contributed by atoms with Gasteiger partial charge >= 0.3 is 0 Å². The highest BCUT2D eigenvalue weighted by atomic mass is 16.5. The van der Waals surface area contributed by atoms with Crippen LogP contribution < -0.4 is 10.2 Å². The van der Waals surface area contributed by atoms with Gasteiger partial charge in [-0.1, -0.05) is 0 Å². The first-order valence-corrected chi connectivity index (χ1v) is 8.19. The summed E-state index contributed by atoms with van der Waals surface area (Å²) >= 11 is 0. The molecule has 0 radical (unpaired) electrons. The number of morpholine rings is 1. The highest BCUT2D eigenvalue weighted by Gasteiger charge is 2.22. The first-order chi connectivity index (χ1) is 10.7. The summed E-state index contributed by atoms with van der Waals surface area (Å²) in [4.78, 5) is 16.7. The number of carbonyl (C=O) groups is 1. The van der Waals surface area contributed by atoms with Gasteiger partial charge in [-0.2, -0.15) is 0 Å². The fourth-order valence-corrected chi connectivity index (χ4v) is 3.19. The molecule has 2 aliphatic rings. The van der Waals surface area contributed by atoms with Gasteiger partial charge in [0.05, 0.1) is 19.8 Å². The average molecular weight is 303 g/mol. The molecule has 2 fully saturated rings. The number of hydrogen-bond acceptors (Lipinski definition) is 4. The number of anilines is 2. The molecule has 0 saturated carbocycles. The molecule has 120 valence electrons. The van der Waals surface area contributed by atoms with E-state index in [4.69, 9.17) is 4.74 Å². The molecular formula is C17H25N3O2. The smallest absolute Gasteiger partial charge is 0.238 e. The number of nitrogens with zero attached hydrogens (tertiary/aromatic N) is 2. The molecule has 5 heteroatoms. The molecule has 3 rings (SSSR count). The molecular weight excluding hydrogens is 278 g/mol. The minimum Gasteiger partial charge on any atom is -0.378 e. The van der Waals surface area contributed by atoms with Crippen molar-refractivity contribution in [2.24, 2.45) is 0 Å². The molecule has 1 N–H and O–H groups in total. The summed E-state index contributed by atoms with van der Waals surface area (Å²) in [6, 6.07) is 8.62. The van der Waals surface area contributed by atoms with E-state index in [9.17, 15) is 4.79 Å². The van der Waals surface area contributed by atoms with E-state index in [1.807, 2.05) is 12.1 Å². The zero-order valence-corrected chi connectivity index (χ0v) is 13.3. The van der Waals surface area contributed by atoms with Crippen LogP contribution in [0.25, 0.3) is 0 Å². The topological polar surface area (TPSA) is 44.8 Å². The van der Waals surface area contributed by atoms with Crippen molar-refractivity contribution in [3.05, 3.63) is 24.3 Å². The van der Waals surface area contributed by atoms with Crippen LogP contribution in [-0.4, -0.2) is 56.2 Å². The van der Waals surface area contributed by atoms with E-state index in [0.717, 1.165) is 38.5 Å². The summed E-state index contributed by atoms with van der Waals surface area (Å²) < 4.78 is 5.37. The Bertz CT molecular complexity index is 497. The molecule has 1 atom stereocenters. The number of amides is 1. The van der Waals surface area contributed by atoms with Crippen molar-refractivity contribution >= 4 is 17.3 Å². The van der Waals surface area contributed by atoms with Crippen molar-refractivity contribution in [3.8, 4) is 0 Å². The Morgan fingerprint density at radius 3 is 2.59 bits per heavy atom. The fraction of sp³-hybridized carbons (Fsp3) is 0.588. The van der Waals surface area contributed by atoms with Crippen molar-refractivity contribution < 1.29 is 9.53 Å². The molecule has 0 aliphatic carbocycles. The van der Waals surface area contributed by atoms with Crippen molar-refractivity contribution in [2.75, 3.05) is 49.6 Å². The molecule has 2 saturated heterocycles. The summed E-state index contributed by atoms with van der Waals surface area (Å²) in [6.07, 6.45) is 2.39. The van der Waals surface area contributed by atoms with E-state index < -0.39 is 0 Å². The molecule has 0 unspecified atom stereocenters. The molecule has 1 aromatic carbocycles. The van der Waals surface area contributed by atoms with Crippen molar-refractivity contribution in [3.63, 3.8) is 0 Å². The maximum Gasteiger partial charge on any atom is 0.238 e. The van der Waals surface area contributed by atoms with Crippen LogP contribution in [0, 0.1) is 0 Å². The normalized spacial score (nSPS) is 22.8. The monoisotopic (exact) mass is 303 g/mol. The summed E-state index contributed by atoms with van der Waals surface area (Å²) in [5.74, 6) is 0.0767. The van der Waals surface area contributed by atoms with Crippen LogP contribution in [0.2, 0.25) is 0 Å².